The van der Waals surface area contributed by atoms with Gasteiger partial charge in [-0.05, 0) is 30.5 Å². The van der Waals surface area contributed by atoms with Gasteiger partial charge in [0, 0.05) is 26.1 Å². The fraction of sp³-hybridized carbons (Fsp3) is 0.562. The monoisotopic (exact) mass is 342 g/mol. The number of rotatable bonds is 4. The van der Waals surface area contributed by atoms with E-state index in [1.165, 1.54) is 19.2 Å². The van der Waals surface area contributed by atoms with E-state index in [1.54, 1.807) is 17.0 Å². The summed E-state index contributed by atoms with van der Waals surface area (Å²) in [7, 11) is -1.97. The van der Waals surface area contributed by atoms with E-state index in [9.17, 15) is 17.6 Å². The summed E-state index contributed by atoms with van der Waals surface area (Å²) < 4.78 is 37.0. The van der Waals surface area contributed by atoms with Crippen molar-refractivity contribution in [2.24, 2.45) is 0 Å². The lowest BCUT2D eigenvalue weighted by Crippen LogP contribution is -2.42. The fourth-order valence-electron chi connectivity index (χ4n) is 2.78. The number of carbonyl (C=O) groups excluding carboxylic acids is 1. The van der Waals surface area contributed by atoms with Crippen molar-refractivity contribution >= 4 is 15.9 Å². The predicted molar refractivity (Wildman–Crippen MR) is 87.0 cm³/mol. The Kier molecular flexibility index (Phi) is 5.75. The van der Waals surface area contributed by atoms with Crippen LogP contribution in [0.1, 0.15) is 30.7 Å². The number of amides is 1. The van der Waals surface area contributed by atoms with E-state index in [0.29, 0.717) is 13.1 Å². The van der Waals surface area contributed by atoms with Crippen molar-refractivity contribution in [1.29, 1.82) is 0 Å². The zero-order valence-corrected chi connectivity index (χ0v) is 14.4. The van der Waals surface area contributed by atoms with Crippen LogP contribution < -0.4 is 0 Å². The second-order valence-corrected chi connectivity index (χ2v) is 8.19. The van der Waals surface area contributed by atoms with Crippen molar-refractivity contribution in [3.05, 3.63) is 35.6 Å². The van der Waals surface area contributed by atoms with Crippen molar-refractivity contribution in [3.8, 4) is 0 Å². The van der Waals surface area contributed by atoms with Crippen molar-refractivity contribution < 1.29 is 17.6 Å². The molecule has 1 aromatic carbocycles. The Hall–Kier alpha value is -1.47. The number of benzene rings is 1. The van der Waals surface area contributed by atoms with E-state index in [1.807, 2.05) is 0 Å². The normalized spacial score (nSPS) is 19.7. The highest BCUT2D eigenvalue weighted by Crippen LogP contribution is 2.26. The van der Waals surface area contributed by atoms with Crippen LogP contribution in [-0.4, -0.2) is 56.5 Å². The largest absolute Gasteiger partial charge is 0.341 e. The molecule has 1 aromatic rings. The number of sulfonamides is 1. The van der Waals surface area contributed by atoms with Gasteiger partial charge in [0.15, 0.2) is 0 Å². The van der Waals surface area contributed by atoms with Crippen LogP contribution in [0.5, 0.6) is 0 Å². The lowest BCUT2D eigenvalue weighted by Gasteiger charge is -2.26. The van der Waals surface area contributed by atoms with Crippen LogP contribution in [0.3, 0.4) is 0 Å². The fourth-order valence-corrected chi connectivity index (χ4v) is 3.13. The summed E-state index contributed by atoms with van der Waals surface area (Å²) in [6.07, 6.45) is 3.92. The average Bonchev–Trinajstić information content (AvgIpc) is 2.73. The van der Waals surface area contributed by atoms with E-state index in [-0.39, 0.29) is 24.2 Å². The van der Waals surface area contributed by atoms with Gasteiger partial charge in [-0.3, -0.25) is 4.79 Å². The molecular weight excluding hydrogens is 319 g/mol. The predicted octanol–water partition coefficient (Wildman–Crippen LogP) is 1.81. The van der Waals surface area contributed by atoms with Crippen LogP contribution in [0.15, 0.2) is 24.3 Å². The third-order valence-corrected chi connectivity index (χ3v) is 5.55. The minimum Gasteiger partial charge on any atom is -0.341 e. The highest BCUT2D eigenvalue weighted by molar-refractivity contribution is 7.88. The molecule has 0 aliphatic carbocycles. The minimum atomic E-state index is -3.37. The van der Waals surface area contributed by atoms with Crippen molar-refractivity contribution in [2.75, 3.05) is 32.9 Å². The van der Waals surface area contributed by atoms with Gasteiger partial charge >= 0.3 is 0 Å². The van der Waals surface area contributed by atoms with Crippen molar-refractivity contribution in [3.63, 3.8) is 0 Å². The smallest absolute Gasteiger partial charge is 0.237 e. The van der Waals surface area contributed by atoms with Gasteiger partial charge in [0.05, 0.1) is 12.8 Å². The van der Waals surface area contributed by atoms with Gasteiger partial charge in [-0.2, -0.15) is 4.31 Å². The Morgan fingerprint density at radius 1 is 1.30 bits per heavy atom. The first kappa shape index (κ1) is 17.9. The van der Waals surface area contributed by atoms with E-state index >= 15 is 0 Å². The van der Waals surface area contributed by atoms with Crippen LogP contribution in [0.25, 0.3) is 0 Å². The summed E-state index contributed by atoms with van der Waals surface area (Å²) in [5.41, 5.74) is 1.02. The maximum atomic E-state index is 13.1. The van der Waals surface area contributed by atoms with Crippen LogP contribution in [0.2, 0.25) is 0 Å². The van der Waals surface area contributed by atoms with Gasteiger partial charge in [-0.25, -0.2) is 12.8 Å². The molecule has 1 saturated heterocycles. The lowest BCUT2D eigenvalue weighted by molar-refractivity contribution is -0.131. The molecule has 0 spiro atoms. The average molecular weight is 342 g/mol. The Labute approximate surface area is 137 Å². The van der Waals surface area contributed by atoms with E-state index < -0.39 is 10.0 Å². The molecule has 23 heavy (non-hydrogen) atoms. The molecule has 1 aliphatic heterocycles. The summed E-state index contributed by atoms with van der Waals surface area (Å²) in [5, 5.41) is 0. The lowest BCUT2D eigenvalue weighted by atomic mass is 9.94. The number of hydrogen-bond acceptors (Lipinski definition) is 3. The number of nitrogens with zero attached hydrogens (tertiary/aromatic N) is 2. The van der Waals surface area contributed by atoms with Gasteiger partial charge in [0.1, 0.15) is 5.82 Å². The summed E-state index contributed by atoms with van der Waals surface area (Å²) in [6, 6.07) is 6.39. The molecular formula is C16H23FN2O3S. The Bertz CT molecular complexity index is 646. The van der Waals surface area contributed by atoms with Crippen LogP contribution in [0.4, 0.5) is 4.39 Å². The molecule has 1 amide bonds. The standard InChI is InChI=1S/C16H23FN2O3S/c1-18(23(2,21)22)12-16(20)19-10-4-3-5-14(11-19)13-6-8-15(17)9-7-13/h6-9,14H,3-5,10-12H2,1-2H3/t14-/m0/s1. The van der Waals surface area contributed by atoms with E-state index in [0.717, 1.165) is 35.4 Å². The van der Waals surface area contributed by atoms with Gasteiger partial charge in [-0.1, -0.05) is 18.6 Å². The third kappa shape index (κ3) is 5.00. The number of carbonyl (C=O) groups is 1. The van der Waals surface area contributed by atoms with Crippen LogP contribution >= 0.6 is 0 Å². The van der Waals surface area contributed by atoms with Gasteiger partial charge < -0.3 is 4.90 Å². The number of likely N-dealkylation sites (N-methyl/N-ethyl adjacent to an activating group) is 1. The molecule has 1 heterocycles. The van der Waals surface area contributed by atoms with Crippen molar-refractivity contribution in [2.45, 2.75) is 25.2 Å². The Morgan fingerprint density at radius 3 is 2.57 bits per heavy atom. The topological polar surface area (TPSA) is 57.7 Å². The highest BCUT2D eigenvalue weighted by Gasteiger charge is 2.25. The van der Waals surface area contributed by atoms with Crippen molar-refractivity contribution in [1.82, 2.24) is 9.21 Å². The molecule has 2 rings (SSSR count). The first-order valence-electron chi connectivity index (χ1n) is 7.72. The third-order valence-electron chi connectivity index (χ3n) is 4.29. The SMILES string of the molecule is CN(CC(=O)N1CCCC[C@H](c2ccc(F)cc2)C1)S(C)(=O)=O. The van der Waals surface area contributed by atoms with Gasteiger partial charge in [0.2, 0.25) is 15.9 Å². The first-order chi connectivity index (χ1) is 10.8. The maximum absolute atomic E-state index is 13.1. The van der Waals surface area contributed by atoms with Gasteiger partial charge in [-0.15, -0.1) is 0 Å². The minimum absolute atomic E-state index is 0.144. The first-order valence-corrected chi connectivity index (χ1v) is 9.57. The molecule has 0 saturated carbocycles. The summed E-state index contributed by atoms with van der Waals surface area (Å²) in [5.74, 6) is -0.303. The van der Waals surface area contributed by atoms with Crippen LogP contribution in [0, 0.1) is 5.82 Å². The molecule has 7 heteroatoms. The Balaban J connectivity index is 2.07. The molecule has 128 valence electrons. The number of halogens is 1. The molecule has 0 radical (unpaired) electrons. The summed E-state index contributed by atoms with van der Waals surface area (Å²) in [4.78, 5) is 14.1. The number of hydrogen-bond donors (Lipinski definition) is 0. The van der Waals surface area contributed by atoms with Gasteiger partial charge in [0.25, 0.3) is 0 Å². The highest BCUT2D eigenvalue weighted by atomic mass is 32.2. The molecule has 0 unspecified atom stereocenters. The molecule has 0 N–H and O–H groups in total. The second-order valence-electron chi connectivity index (χ2n) is 6.10. The van der Waals surface area contributed by atoms with E-state index in [2.05, 4.69) is 0 Å². The maximum Gasteiger partial charge on any atom is 0.237 e. The molecule has 5 nitrogen and oxygen atoms in total. The molecule has 1 aliphatic rings. The summed E-state index contributed by atoms with van der Waals surface area (Å²) in [6.45, 7) is 1.03. The molecule has 0 bridgehead atoms. The summed E-state index contributed by atoms with van der Waals surface area (Å²) >= 11 is 0. The molecule has 0 aromatic heterocycles. The van der Waals surface area contributed by atoms with Crippen LogP contribution in [-0.2, 0) is 14.8 Å². The number of likely N-dealkylation sites (tertiary alicyclic amines) is 1. The Morgan fingerprint density at radius 2 is 1.96 bits per heavy atom. The quantitative estimate of drug-likeness (QED) is 0.838. The molecule has 1 fully saturated rings. The van der Waals surface area contributed by atoms with E-state index in [4.69, 9.17) is 0 Å². The second kappa shape index (κ2) is 7.40. The molecule has 1 atom stereocenters. The zero-order valence-electron chi connectivity index (χ0n) is 13.5. The zero-order chi connectivity index (χ0) is 17.0.